The van der Waals surface area contributed by atoms with Crippen molar-refractivity contribution in [2.75, 3.05) is 13.2 Å². The lowest BCUT2D eigenvalue weighted by atomic mass is 9.98. The van der Waals surface area contributed by atoms with E-state index in [1.807, 2.05) is 44.2 Å². The number of carboxylic acid groups (broad SMARTS) is 1. The standard InChI is InChI=1S/C20H22O4/c1-15(19(21)22)16-9-11-18(12-10-16)23-13-14-24-20(2,3)17-7-5-4-6-8-17/h4-12H,1,13-14H2,2-3H3,(H,21,22). The van der Waals surface area contributed by atoms with E-state index in [4.69, 9.17) is 14.6 Å². The maximum absolute atomic E-state index is 10.9. The third-order valence-corrected chi connectivity index (χ3v) is 3.74. The predicted molar refractivity (Wildman–Crippen MR) is 94.0 cm³/mol. The average Bonchev–Trinajstić information content (AvgIpc) is 2.59. The minimum absolute atomic E-state index is 0.0643. The Hall–Kier alpha value is -2.59. The molecule has 0 atom stereocenters. The molecule has 0 bridgehead atoms. The molecule has 0 spiro atoms. The first-order chi connectivity index (χ1) is 11.4. The maximum Gasteiger partial charge on any atom is 0.335 e. The van der Waals surface area contributed by atoms with Crippen LogP contribution in [0.5, 0.6) is 5.75 Å². The van der Waals surface area contributed by atoms with Crippen molar-refractivity contribution < 1.29 is 19.4 Å². The second-order valence-electron chi connectivity index (χ2n) is 5.88. The zero-order valence-electron chi connectivity index (χ0n) is 14.0. The zero-order chi connectivity index (χ0) is 17.6. The van der Waals surface area contributed by atoms with Gasteiger partial charge in [0.05, 0.1) is 17.8 Å². The Kier molecular flexibility index (Phi) is 5.77. The molecule has 4 nitrogen and oxygen atoms in total. The number of hydrogen-bond donors (Lipinski definition) is 1. The minimum atomic E-state index is -1.03. The van der Waals surface area contributed by atoms with Crippen molar-refractivity contribution in [3.63, 3.8) is 0 Å². The van der Waals surface area contributed by atoms with Crippen LogP contribution in [-0.2, 0) is 15.1 Å². The van der Waals surface area contributed by atoms with Gasteiger partial charge >= 0.3 is 5.97 Å². The molecule has 0 fully saturated rings. The highest BCUT2D eigenvalue weighted by molar-refractivity contribution is 6.14. The van der Waals surface area contributed by atoms with Crippen molar-refractivity contribution in [2.24, 2.45) is 0 Å². The number of carbonyl (C=O) groups is 1. The molecule has 2 aromatic rings. The van der Waals surface area contributed by atoms with Crippen LogP contribution in [0.1, 0.15) is 25.0 Å². The van der Waals surface area contributed by atoms with Crippen LogP contribution in [0.4, 0.5) is 0 Å². The van der Waals surface area contributed by atoms with Gasteiger partial charge in [-0.1, -0.05) is 49.0 Å². The van der Waals surface area contributed by atoms with Gasteiger partial charge in [0.2, 0.25) is 0 Å². The topological polar surface area (TPSA) is 55.8 Å². The summed E-state index contributed by atoms with van der Waals surface area (Å²) >= 11 is 0. The highest BCUT2D eigenvalue weighted by Gasteiger charge is 2.20. The Bertz CT molecular complexity index is 687. The van der Waals surface area contributed by atoms with Crippen molar-refractivity contribution >= 4 is 11.5 Å². The Morgan fingerprint density at radius 3 is 2.25 bits per heavy atom. The van der Waals surface area contributed by atoms with E-state index in [0.29, 0.717) is 24.5 Å². The van der Waals surface area contributed by atoms with Crippen LogP contribution in [0.15, 0.2) is 61.2 Å². The number of ether oxygens (including phenoxy) is 2. The molecular formula is C20H22O4. The molecular weight excluding hydrogens is 304 g/mol. The molecule has 0 aliphatic rings. The van der Waals surface area contributed by atoms with Crippen molar-refractivity contribution in [3.05, 3.63) is 72.3 Å². The lowest BCUT2D eigenvalue weighted by molar-refractivity contribution is -0.130. The summed E-state index contributed by atoms with van der Waals surface area (Å²) in [7, 11) is 0. The van der Waals surface area contributed by atoms with E-state index in [2.05, 4.69) is 6.58 Å². The molecule has 0 unspecified atom stereocenters. The van der Waals surface area contributed by atoms with E-state index in [1.165, 1.54) is 0 Å². The molecule has 126 valence electrons. The van der Waals surface area contributed by atoms with Crippen molar-refractivity contribution in [3.8, 4) is 5.75 Å². The lowest BCUT2D eigenvalue weighted by Gasteiger charge is -2.26. The third kappa shape index (κ3) is 4.70. The summed E-state index contributed by atoms with van der Waals surface area (Å²) < 4.78 is 11.5. The van der Waals surface area contributed by atoms with E-state index >= 15 is 0 Å². The van der Waals surface area contributed by atoms with E-state index in [9.17, 15) is 4.79 Å². The Labute approximate surface area is 142 Å². The number of benzene rings is 2. The van der Waals surface area contributed by atoms with Crippen molar-refractivity contribution in [1.82, 2.24) is 0 Å². The van der Waals surface area contributed by atoms with E-state index in [0.717, 1.165) is 5.56 Å². The molecule has 4 heteroatoms. The molecule has 0 radical (unpaired) electrons. The monoisotopic (exact) mass is 326 g/mol. The fourth-order valence-corrected chi connectivity index (χ4v) is 2.26. The van der Waals surface area contributed by atoms with Gasteiger partial charge in [-0.15, -0.1) is 0 Å². The molecule has 0 heterocycles. The number of aliphatic carboxylic acids is 1. The molecule has 2 aromatic carbocycles. The first-order valence-electron chi connectivity index (χ1n) is 7.75. The Morgan fingerprint density at radius 1 is 1.04 bits per heavy atom. The van der Waals surface area contributed by atoms with Gasteiger partial charge in [-0.05, 0) is 37.1 Å². The first-order valence-corrected chi connectivity index (χ1v) is 7.75. The molecule has 0 aliphatic heterocycles. The third-order valence-electron chi connectivity index (χ3n) is 3.74. The normalized spacial score (nSPS) is 11.1. The largest absolute Gasteiger partial charge is 0.491 e. The molecule has 1 N–H and O–H groups in total. The van der Waals surface area contributed by atoms with Gasteiger partial charge in [-0.25, -0.2) is 4.79 Å². The van der Waals surface area contributed by atoms with Crippen LogP contribution < -0.4 is 4.74 Å². The van der Waals surface area contributed by atoms with Crippen LogP contribution in [0.25, 0.3) is 5.57 Å². The fourth-order valence-electron chi connectivity index (χ4n) is 2.26. The molecule has 0 aliphatic carbocycles. The van der Waals surface area contributed by atoms with Crippen LogP contribution in [-0.4, -0.2) is 24.3 Å². The number of rotatable bonds is 8. The highest BCUT2D eigenvalue weighted by Crippen LogP contribution is 2.24. The van der Waals surface area contributed by atoms with Crippen LogP contribution in [0.2, 0.25) is 0 Å². The molecule has 0 saturated carbocycles. The average molecular weight is 326 g/mol. The summed E-state index contributed by atoms with van der Waals surface area (Å²) in [6.45, 7) is 8.43. The summed E-state index contributed by atoms with van der Waals surface area (Å²) in [5.74, 6) is -0.363. The molecule has 2 rings (SSSR count). The van der Waals surface area contributed by atoms with Gasteiger partial charge in [-0.2, -0.15) is 0 Å². The van der Waals surface area contributed by atoms with Gasteiger partial charge < -0.3 is 14.6 Å². The highest BCUT2D eigenvalue weighted by atomic mass is 16.5. The summed E-state index contributed by atoms with van der Waals surface area (Å²) in [5, 5.41) is 8.90. The summed E-state index contributed by atoms with van der Waals surface area (Å²) in [5.41, 5.74) is 1.36. The quantitative estimate of drug-likeness (QED) is 0.586. The summed E-state index contributed by atoms with van der Waals surface area (Å²) in [6, 6.07) is 16.8. The second kappa shape index (κ2) is 7.79. The van der Waals surface area contributed by atoms with Gasteiger partial charge in [0, 0.05) is 0 Å². The van der Waals surface area contributed by atoms with E-state index in [-0.39, 0.29) is 11.2 Å². The fraction of sp³-hybridized carbons (Fsp3) is 0.250. The number of hydrogen-bond acceptors (Lipinski definition) is 3. The van der Waals surface area contributed by atoms with Gasteiger partial charge in [0.15, 0.2) is 0 Å². The van der Waals surface area contributed by atoms with E-state index in [1.54, 1.807) is 24.3 Å². The first kappa shape index (κ1) is 17.8. The number of carboxylic acids is 1. The van der Waals surface area contributed by atoms with Crippen molar-refractivity contribution in [2.45, 2.75) is 19.4 Å². The molecule has 0 aromatic heterocycles. The maximum atomic E-state index is 10.9. The summed E-state index contributed by atoms with van der Waals surface area (Å²) in [4.78, 5) is 10.9. The van der Waals surface area contributed by atoms with E-state index < -0.39 is 5.97 Å². The minimum Gasteiger partial charge on any atom is -0.491 e. The zero-order valence-corrected chi connectivity index (χ0v) is 14.0. The second-order valence-corrected chi connectivity index (χ2v) is 5.88. The summed E-state index contributed by atoms with van der Waals surface area (Å²) in [6.07, 6.45) is 0. The predicted octanol–water partition coefficient (Wildman–Crippen LogP) is 4.12. The SMILES string of the molecule is C=C(C(=O)O)c1ccc(OCCOC(C)(C)c2ccccc2)cc1. The Balaban J connectivity index is 1.82. The van der Waals surface area contributed by atoms with Crippen LogP contribution in [0.3, 0.4) is 0 Å². The van der Waals surface area contributed by atoms with Gasteiger partial charge in [0.25, 0.3) is 0 Å². The van der Waals surface area contributed by atoms with Crippen LogP contribution in [0, 0.1) is 0 Å². The molecule has 24 heavy (non-hydrogen) atoms. The smallest absolute Gasteiger partial charge is 0.335 e. The van der Waals surface area contributed by atoms with Crippen LogP contribution >= 0.6 is 0 Å². The Morgan fingerprint density at radius 2 is 1.67 bits per heavy atom. The molecule has 0 saturated heterocycles. The van der Waals surface area contributed by atoms with Gasteiger partial charge in [0.1, 0.15) is 12.4 Å². The molecule has 0 amide bonds. The van der Waals surface area contributed by atoms with Gasteiger partial charge in [-0.3, -0.25) is 0 Å². The van der Waals surface area contributed by atoms with Crippen molar-refractivity contribution in [1.29, 1.82) is 0 Å². The lowest BCUT2D eigenvalue weighted by Crippen LogP contribution is -2.24.